The van der Waals surface area contributed by atoms with Crippen molar-refractivity contribution in [1.29, 1.82) is 0 Å². The molecule has 2 heterocycles. The lowest BCUT2D eigenvalue weighted by molar-refractivity contribution is -0.148. The molecular weight excluding hydrogens is 430 g/mol. The number of hydrogen-bond donors (Lipinski definition) is 0. The molecule has 0 radical (unpaired) electrons. The van der Waals surface area contributed by atoms with Gasteiger partial charge in [0.1, 0.15) is 6.04 Å². The van der Waals surface area contributed by atoms with Crippen molar-refractivity contribution in [3.05, 3.63) is 64.7 Å². The van der Waals surface area contributed by atoms with Crippen molar-refractivity contribution in [3.63, 3.8) is 0 Å². The van der Waals surface area contributed by atoms with E-state index in [-0.39, 0.29) is 17.8 Å². The second-order valence-electron chi connectivity index (χ2n) is 7.97. The van der Waals surface area contributed by atoms with E-state index in [0.717, 1.165) is 18.7 Å². The van der Waals surface area contributed by atoms with Gasteiger partial charge in [0, 0.05) is 55.4 Å². The number of nitrogens with zero attached hydrogens (tertiary/aromatic N) is 3. The van der Waals surface area contributed by atoms with Crippen LogP contribution in [0.25, 0.3) is 0 Å². The van der Waals surface area contributed by atoms with Gasteiger partial charge in [-0.25, -0.2) is 4.79 Å². The Morgan fingerprint density at radius 2 is 1.66 bits per heavy atom. The summed E-state index contributed by atoms with van der Waals surface area (Å²) in [4.78, 5) is 43.0. The standard InChI is InChI=1S/C24H26ClN3O4/c1-32-24(31)22(19-5-2-3-6-20(19)25)26-13-15-27(16-14-26)23(30)17-8-10-18(11-9-17)28-12-4-7-21(28)29/h2-3,5-6,8-11,22H,4,7,12-16H2,1H3/t22-/m1/s1. The molecule has 8 heteroatoms. The Morgan fingerprint density at radius 3 is 2.25 bits per heavy atom. The van der Waals surface area contributed by atoms with Crippen molar-refractivity contribution in [2.75, 3.05) is 44.7 Å². The number of anilines is 1. The highest BCUT2D eigenvalue weighted by Crippen LogP contribution is 2.30. The number of amides is 2. The highest BCUT2D eigenvalue weighted by atomic mass is 35.5. The first kappa shape index (κ1) is 22.3. The number of piperazine rings is 1. The largest absolute Gasteiger partial charge is 0.468 e. The maximum Gasteiger partial charge on any atom is 0.327 e. The van der Waals surface area contributed by atoms with Gasteiger partial charge in [0.2, 0.25) is 5.91 Å². The van der Waals surface area contributed by atoms with E-state index in [1.54, 1.807) is 28.0 Å². The molecule has 2 saturated heterocycles. The van der Waals surface area contributed by atoms with Gasteiger partial charge in [0.25, 0.3) is 5.91 Å². The normalized spacial score (nSPS) is 18.0. The molecule has 0 bridgehead atoms. The molecule has 0 N–H and O–H groups in total. The molecule has 0 unspecified atom stereocenters. The van der Waals surface area contributed by atoms with E-state index in [2.05, 4.69) is 0 Å². The van der Waals surface area contributed by atoms with E-state index >= 15 is 0 Å². The minimum absolute atomic E-state index is 0.0590. The fourth-order valence-electron chi connectivity index (χ4n) is 4.35. The van der Waals surface area contributed by atoms with Gasteiger partial charge in [0.15, 0.2) is 0 Å². The summed E-state index contributed by atoms with van der Waals surface area (Å²) in [6.45, 7) is 2.75. The molecule has 7 nitrogen and oxygen atoms in total. The molecule has 2 aliphatic heterocycles. The summed E-state index contributed by atoms with van der Waals surface area (Å²) in [5, 5.41) is 0.512. The highest BCUT2D eigenvalue weighted by Gasteiger charge is 2.33. The summed E-state index contributed by atoms with van der Waals surface area (Å²) >= 11 is 6.34. The first-order valence-corrected chi connectivity index (χ1v) is 11.1. The van der Waals surface area contributed by atoms with Crippen LogP contribution in [0.4, 0.5) is 5.69 Å². The number of carbonyl (C=O) groups excluding carboxylic acids is 3. The van der Waals surface area contributed by atoms with Gasteiger partial charge < -0.3 is 14.5 Å². The monoisotopic (exact) mass is 455 g/mol. The summed E-state index contributed by atoms with van der Waals surface area (Å²) in [6, 6.07) is 13.9. The smallest absolute Gasteiger partial charge is 0.327 e. The zero-order valence-electron chi connectivity index (χ0n) is 18.0. The van der Waals surface area contributed by atoms with E-state index in [9.17, 15) is 14.4 Å². The van der Waals surface area contributed by atoms with Crippen molar-refractivity contribution in [2.24, 2.45) is 0 Å². The van der Waals surface area contributed by atoms with Crippen LogP contribution in [0.2, 0.25) is 5.02 Å². The van der Waals surface area contributed by atoms with Crippen molar-refractivity contribution in [1.82, 2.24) is 9.80 Å². The van der Waals surface area contributed by atoms with Crippen LogP contribution in [-0.4, -0.2) is 67.4 Å². The second kappa shape index (κ2) is 9.71. The molecule has 0 aliphatic carbocycles. The van der Waals surface area contributed by atoms with Crippen molar-refractivity contribution < 1.29 is 19.1 Å². The summed E-state index contributed by atoms with van der Waals surface area (Å²) < 4.78 is 5.03. The summed E-state index contributed by atoms with van der Waals surface area (Å²) in [5.41, 5.74) is 2.12. The molecule has 0 spiro atoms. The number of benzene rings is 2. The van der Waals surface area contributed by atoms with Gasteiger partial charge in [-0.2, -0.15) is 0 Å². The highest BCUT2D eigenvalue weighted by molar-refractivity contribution is 6.31. The lowest BCUT2D eigenvalue weighted by Crippen LogP contribution is -2.51. The third kappa shape index (κ3) is 4.49. The maximum atomic E-state index is 13.0. The predicted octanol–water partition coefficient (Wildman–Crippen LogP) is 3.14. The predicted molar refractivity (Wildman–Crippen MR) is 122 cm³/mol. The molecule has 0 aromatic heterocycles. The lowest BCUT2D eigenvalue weighted by Gasteiger charge is -2.38. The van der Waals surface area contributed by atoms with Crippen LogP contribution in [0.1, 0.15) is 34.8 Å². The van der Waals surface area contributed by atoms with Crippen LogP contribution in [0, 0.1) is 0 Å². The molecule has 32 heavy (non-hydrogen) atoms. The van der Waals surface area contributed by atoms with Crippen LogP contribution in [0.15, 0.2) is 48.5 Å². The maximum absolute atomic E-state index is 13.0. The summed E-state index contributed by atoms with van der Waals surface area (Å²) in [7, 11) is 1.37. The Kier molecular flexibility index (Phi) is 6.77. The SMILES string of the molecule is COC(=O)[C@@H](c1ccccc1Cl)N1CCN(C(=O)c2ccc(N3CCCC3=O)cc2)CC1. The zero-order valence-corrected chi connectivity index (χ0v) is 18.8. The first-order chi connectivity index (χ1) is 15.5. The number of carbonyl (C=O) groups is 3. The molecular formula is C24H26ClN3O4. The van der Waals surface area contributed by atoms with Crippen molar-refractivity contribution in [3.8, 4) is 0 Å². The lowest BCUT2D eigenvalue weighted by atomic mass is 10.0. The second-order valence-corrected chi connectivity index (χ2v) is 8.38. The minimum Gasteiger partial charge on any atom is -0.468 e. The van der Waals surface area contributed by atoms with Gasteiger partial charge in [-0.05, 0) is 42.3 Å². The Balaban J connectivity index is 1.42. The zero-order chi connectivity index (χ0) is 22.7. The quantitative estimate of drug-likeness (QED) is 0.648. The molecule has 1 atom stereocenters. The Labute approximate surface area is 192 Å². The van der Waals surface area contributed by atoms with E-state index in [4.69, 9.17) is 16.3 Å². The number of ether oxygens (including phenoxy) is 1. The van der Waals surface area contributed by atoms with Crippen molar-refractivity contribution >= 4 is 35.1 Å². The van der Waals surface area contributed by atoms with Crippen LogP contribution in [-0.2, 0) is 14.3 Å². The Bertz CT molecular complexity index is 1000. The Hall–Kier alpha value is -2.90. The average Bonchev–Trinajstić information content (AvgIpc) is 3.26. The van der Waals surface area contributed by atoms with Gasteiger partial charge >= 0.3 is 5.97 Å². The molecule has 2 aromatic carbocycles. The minimum atomic E-state index is -0.608. The third-order valence-corrected chi connectivity index (χ3v) is 6.43. The van der Waals surface area contributed by atoms with Crippen molar-refractivity contribution in [2.45, 2.75) is 18.9 Å². The molecule has 0 saturated carbocycles. The summed E-state index contributed by atoms with van der Waals surface area (Å²) in [6.07, 6.45) is 1.44. The number of halogens is 1. The first-order valence-electron chi connectivity index (χ1n) is 10.8. The van der Waals surface area contributed by atoms with Crippen LogP contribution in [0.3, 0.4) is 0 Å². The number of methoxy groups -OCH3 is 1. The molecule has 2 fully saturated rings. The Morgan fingerprint density at radius 1 is 0.969 bits per heavy atom. The number of rotatable bonds is 5. The third-order valence-electron chi connectivity index (χ3n) is 6.09. The number of esters is 1. The van der Waals surface area contributed by atoms with Crippen LogP contribution >= 0.6 is 11.6 Å². The molecule has 2 amide bonds. The molecule has 2 aliphatic rings. The average molecular weight is 456 g/mol. The van der Waals surface area contributed by atoms with E-state index < -0.39 is 6.04 Å². The molecule has 4 rings (SSSR count). The summed E-state index contributed by atoms with van der Waals surface area (Å²) in [5.74, 6) is -0.305. The molecule has 168 valence electrons. The molecule has 2 aromatic rings. The van der Waals surface area contributed by atoms with E-state index in [1.165, 1.54) is 7.11 Å². The number of hydrogen-bond acceptors (Lipinski definition) is 5. The van der Waals surface area contributed by atoms with Gasteiger partial charge in [-0.15, -0.1) is 0 Å². The fraction of sp³-hybridized carbons (Fsp3) is 0.375. The van der Waals surface area contributed by atoms with Gasteiger partial charge in [-0.1, -0.05) is 29.8 Å². The fourth-order valence-corrected chi connectivity index (χ4v) is 4.59. The topological polar surface area (TPSA) is 70.2 Å². The van der Waals surface area contributed by atoms with E-state index in [0.29, 0.717) is 48.7 Å². The van der Waals surface area contributed by atoms with Gasteiger partial charge in [0.05, 0.1) is 7.11 Å². The van der Waals surface area contributed by atoms with Gasteiger partial charge in [-0.3, -0.25) is 14.5 Å². The van der Waals surface area contributed by atoms with Crippen LogP contribution in [0.5, 0.6) is 0 Å². The van der Waals surface area contributed by atoms with E-state index in [1.807, 2.05) is 35.2 Å². The van der Waals surface area contributed by atoms with Crippen LogP contribution < -0.4 is 4.90 Å².